The maximum absolute atomic E-state index is 13.0. The van der Waals surface area contributed by atoms with Crippen LogP contribution in [0.2, 0.25) is 0 Å². The van der Waals surface area contributed by atoms with Crippen molar-refractivity contribution in [2.45, 2.75) is 19.9 Å². The summed E-state index contributed by atoms with van der Waals surface area (Å²) in [5.74, 6) is -1.35. The van der Waals surface area contributed by atoms with E-state index in [0.717, 1.165) is 5.56 Å². The first kappa shape index (κ1) is 19.0. The van der Waals surface area contributed by atoms with Gasteiger partial charge in [-0.3, -0.25) is 14.5 Å². The summed E-state index contributed by atoms with van der Waals surface area (Å²) in [6.45, 7) is 3.49. The lowest BCUT2D eigenvalue weighted by Crippen LogP contribution is -2.38. The van der Waals surface area contributed by atoms with Crippen molar-refractivity contribution >= 4 is 29.5 Å². The molecule has 0 aromatic heterocycles. The van der Waals surface area contributed by atoms with Crippen molar-refractivity contribution < 1.29 is 23.5 Å². The summed E-state index contributed by atoms with van der Waals surface area (Å²) in [7, 11) is 0. The summed E-state index contributed by atoms with van der Waals surface area (Å²) < 4.78 is 17.8. The van der Waals surface area contributed by atoms with E-state index in [1.165, 1.54) is 34.9 Å². The van der Waals surface area contributed by atoms with E-state index in [0.29, 0.717) is 5.03 Å². The largest absolute Gasteiger partial charge is 0.463 e. The Labute approximate surface area is 149 Å². The van der Waals surface area contributed by atoms with Crippen molar-refractivity contribution in [1.29, 1.82) is 0 Å². The lowest BCUT2D eigenvalue weighted by Gasteiger charge is -2.19. The Morgan fingerprint density at radius 2 is 2.08 bits per heavy atom. The number of ether oxygens (including phenoxy) is 1. The Hall–Kier alpha value is -2.35. The molecule has 6 nitrogen and oxygen atoms in total. The molecular weight excluding hydrogens is 347 g/mol. The molecule has 1 N–H and O–H groups in total. The third-order valence-electron chi connectivity index (χ3n) is 3.49. The highest BCUT2D eigenvalue weighted by molar-refractivity contribution is 8.04. The van der Waals surface area contributed by atoms with Gasteiger partial charge < -0.3 is 10.1 Å². The quantitative estimate of drug-likeness (QED) is 0.615. The highest BCUT2D eigenvalue weighted by Crippen LogP contribution is 2.28. The number of carbonyl (C=O) groups excluding carboxylic acids is 3. The first-order valence-electron chi connectivity index (χ1n) is 7.77. The van der Waals surface area contributed by atoms with Crippen molar-refractivity contribution in [1.82, 2.24) is 10.2 Å². The van der Waals surface area contributed by atoms with Gasteiger partial charge in [-0.25, -0.2) is 9.18 Å². The molecule has 0 saturated carbocycles. The molecule has 25 heavy (non-hydrogen) atoms. The van der Waals surface area contributed by atoms with Crippen LogP contribution in [0.5, 0.6) is 0 Å². The molecule has 1 saturated heterocycles. The average molecular weight is 366 g/mol. The van der Waals surface area contributed by atoms with E-state index in [1.807, 2.05) is 0 Å². The second kappa shape index (κ2) is 8.66. The highest BCUT2D eigenvalue weighted by atomic mass is 32.2. The molecule has 1 atom stereocenters. The monoisotopic (exact) mass is 366 g/mol. The number of hydrogen-bond acceptors (Lipinski definition) is 5. The van der Waals surface area contributed by atoms with E-state index in [9.17, 15) is 18.8 Å². The molecule has 1 aromatic rings. The number of rotatable bonds is 6. The number of halogens is 1. The molecule has 1 aliphatic heterocycles. The number of nitrogens with zero attached hydrogens (tertiary/aromatic N) is 1. The third kappa shape index (κ3) is 5.32. The maximum atomic E-state index is 13.0. The van der Waals surface area contributed by atoms with Crippen LogP contribution >= 0.6 is 11.8 Å². The molecule has 1 fully saturated rings. The molecule has 2 amide bonds. The number of amides is 2. The zero-order valence-electron chi connectivity index (χ0n) is 14.0. The van der Waals surface area contributed by atoms with E-state index >= 15 is 0 Å². The van der Waals surface area contributed by atoms with E-state index in [2.05, 4.69) is 5.32 Å². The van der Waals surface area contributed by atoms with E-state index < -0.39 is 5.97 Å². The average Bonchev–Trinajstić information content (AvgIpc) is 2.88. The van der Waals surface area contributed by atoms with Gasteiger partial charge in [0.2, 0.25) is 11.8 Å². The topological polar surface area (TPSA) is 75.7 Å². The van der Waals surface area contributed by atoms with Crippen molar-refractivity contribution in [3.63, 3.8) is 0 Å². The lowest BCUT2D eigenvalue weighted by molar-refractivity contribution is -0.137. The molecule has 0 unspecified atom stereocenters. The molecule has 8 heteroatoms. The number of benzene rings is 1. The molecule has 134 valence electrons. The predicted octanol–water partition coefficient (Wildman–Crippen LogP) is 1.98. The fraction of sp³-hybridized carbons (Fsp3) is 0.353. The summed E-state index contributed by atoms with van der Waals surface area (Å²) in [6.07, 6.45) is 1.22. The smallest absolute Gasteiger partial charge is 0.333 e. The fourth-order valence-corrected chi connectivity index (χ4v) is 3.18. The van der Waals surface area contributed by atoms with Crippen molar-refractivity contribution in [2.24, 2.45) is 0 Å². The Kier molecular flexibility index (Phi) is 6.58. The Balaban J connectivity index is 1.98. The van der Waals surface area contributed by atoms with Crippen LogP contribution in [-0.4, -0.2) is 41.6 Å². The van der Waals surface area contributed by atoms with Gasteiger partial charge in [0.05, 0.1) is 29.5 Å². The van der Waals surface area contributed by atoms with Crippen molar-refractivity contribution in [2.75, 3.05) is 18.9 Å². The Morgan fingerprint density at radius 1 is 1.40 bits per heavy atom. The van der Waals surface area contributed by atoms with Crippen molar-refractivity contribution in [3.05, 3.63) is 46.8 Å². The summed E-state index contributed by atoms with van der Waals surface area (Å²) in [5, 5.41) is 3.15. The van der Waals surface area contributed by atoms with Gasteiger partial charge in [-0.15, -0.1) is 0 Å². The second-order valence-electron chi connectivity index (χ2n) is 5.34. The Bertz CT molecular complexity index is 690. The standard InChI is InChI=1S/C17H19FN2O4S/c1-3-24-17(23)8-16-20(15(22)10-25-16)9-14(21)19-11(2)12-4-6-13(18)7-5-12/h4-8,11H,3,9-10H2,1-2H3,(H,19,21)/b16-8-/t11-/m1/s1. The summed E-state index contributed by atoms with van der Waals surface area (Å²) in [6, 6.07) is 5.47. The van der Waals surface area contributed by atoms with Gasteiger partial charge in [0, 0.05) is 0 Å². The minimum absolute atomic E-state index is 0.173. The molecule has 1 heterocycles. The van der Waals surface area contributed by atoms with E-state index in [1.54, 1.807) is 26.0 Å². The summed E-state index contributed by atoms with van der Waals surface area (Å²) >= 11 is 1.19. The normalized spacial score (nSPS) is 16.8. The van der Waals surface area contributed by atoms with Crippen LogP contribution in [-0.2, 0) is 19.1 Å². The van der Waals surface area contributed by atoms with Gasteiger partial charge >= 0.3 is 5.97 Å². The number of hydrogen-bond donors (Lipinski definition) is 1. The highest BCUT2D eigenvalue weighted by Gasteiger charge is 2.29. The van der Waals surface area contributed by atoms with Crippen LogP contribution < -0.4 is 5.32 Å². The molecular formula is C17H19FN2O4S. The number of thioether (sulfide) groups is 1. The minimum Gasteiger partial charge on any atom is -0.463 e. The minimum atomic E-state index is -0.551. The summed E-state index contributed by atoms with van der Waals surface area (Å²) in [5.41, 5.74) is 0.749. The molecule has 1 aromatic carbocycles. The van der Waals surface area contributed by atoms with Crippen LogP contribution in [0, 0.1) is 5.82 Å². The molecule has 1 aliphatic rings. The number of esters is 1. The zero-order chi connectivity index (χ0) is 18.4. The van der Waals surface area contributed by atoms with Gasteiger partial charge in [0.15, 0.2) is 0 Å². The predicted molar refractivity (Wildman–Crippen MR) is 91.8 cm³/mol. The van der Waals surface area contributed by atoms with Gasteiger partial charge in [-0.05, 0) is 31.5 Å². The number of nitrogens with one attached hydrogen (secondary N) is 1. The Morgan fingerprint density at radius 3 is 2.72 bits per heavy atom. The zero-order valence-corrected chi connectivity index (χ0v) is 14.8. The van der Waals surface area contributed by atoms with E-state index in [-0.39, 0.29) is 42.6 Å². The van der Waals surface area contributed by atoms with Gasteiger partial charge in [-0.2, -0.15) is 0 Å². The fourth-order valence-electron chi connectivity index (χ4n) is 2.25. The maximum Gasteiger partial charge on any atom is 0.333 e. The van der Waals surface area contributed by atoms with E-state index in [4.69, 9.17) is 4.74 Å². The molecule has 2 rings (SSSR count). The first-order valence-corrected chi connectivity index (χ1v) is 8.75. The first-order chi connectivity index (χ1) is 11.9. The molecule has 0 aliphatic carbocycles. The van der Waals surface area contributed by atoms with Crippen LogP contribution in [0.25, 0.3) is 0 Å². The summed E-state index contributed by atoms with van der Waals surface area (Å²) in [4.78, 5) is 37.0. The SMILES string of the molecule is CCOC(=O)/C=C1\SCC(=O)N1CC(=O)N[C@H](C)c1ccc(F)cc1. The lowest BCUT2D eigenvalue weighted by atomic mass is 10.1. The molecule has 0 bridgehead atoms. The molecule has 0 spiro atoms. The second-order valence-corrected chi connectivity index (χ2v) is 6.34. The molecule has 0 radical (unpaired) electrons. The third-order valence-corrected chi connectivity index (χ3v) is 4.51. The van der Waals surface area contributed by atoms with Crippen molar-refractivity contribution in [3.8, 4) is 0 Å². The van der Waals surface area contributed by atoms with Crippen LogP contribution in [0.4, 0.5) is 4.39 Å². The van der Waals surface area contributed by atoms with Crippen LogP contribution in [0.1, 0.15) is 25.5 Å². The van der Waals surface area contributed by atoms with Gasteiger partial charge in [0.1, 0.15) is 12.4 Å². The van der Waals surface area contributed by atoms with Crippen LogP contribution in [0.15, 0.2) is 35.4 Å². The van der Waals surface area contributed by atoms with Gasteiger partial charge in [0.25, 0.3) is 0 Å². The van der Waals surface area contributed by atoms with Crippen LogP contribution in [0.3, 0.4) is 0 Å². The van der Waals surface area contributed by atoms with Gasteiger partial charge in [-0.1, -0.05) is 23.9 Å². The number of carbonyl (C=O) groups is 3.